The first-order valence-electron chi connectivity index (χ1n) is 6.83. The van der Waals surface area contributed by atoms with Crippen LogP contribution in [0.2, 0.25) is 0 Å². The molecule has 3 rings (SSSR count). The fourth-order valence-corrected chi connectivity index (χ4v) is 2.69. The molecule has 0 aromatic heterocycles. The number of rotatable bonds is 2. The largest absolute Gasteiger partial charge is 0.385 e. The first-order valence-corrected chi connectivity index (χ1v) is 6.83. The van der Waals surface area contributed by atoms with Gasteiger partial charge in [0.05, 0.1) is 0 Å². The lowest BCUT2D eigenvalue weighted by Gasteiger charge is -2.19. The highest BCUT2D eigenvalue weighted by Gasteiger charge is 2.09. The van der Waals surface area contributed by atoms with E-state index in [-0.39, 0.29) is 5.82 Å². The smallest absolute Gasteiger partial charge is 0.123 e. The van der Waals surface area contributed by atoms with Crippen LogP contribution in [0.5, 0.6) is 0 Å². The summed E-state index contributed by atoms with van der Waals surface area (Å²) < 4.78 is 13.3. The Morgan fingerprint density at radius 3 is 2.95 bits per heavy atom. The third-order valence-electron chi connectivity index (χ3n) is 3.81. The maximum absolute atomic E-state index is 13.3. The Morgan fingerprint density at radius 1 is 1.16 bits per heavy atom. The lowest BCUT2D eigenvalue weighted by atomic mass is 9.96. The van der Waals surface area contributed by atoms with Gasteiger partial charge >= 0.3 is 0 Å². The molecular formula is C17H18FN. The van der Waals surface area contributed by atoms with Gasteiger partial charge in [0, 0.05) is 12.2 Å². The minimum absolute atomic E-state index is 0.153. The van der Waals surface area contributed by atoms with Crippen molar-refractivity contribution in [1.29, 1.82) is 0 Å². The SMILES string of the molecule is Cc1ccc(F)cc1Cc1ccc2c(c1)CCCN2. The van der Waals surface area contributed by atoms with Gasteiger partial charge in [-0.3, -0.25) is 0 Å². The van der Waals surface area contributed by atoms with Crippen molar-refractivity contribution >= 4 is 5.69 Å². The van der Waals surface area contributed by atoms with Crippen LogP contribution >= 0.6 is 0 Å². The number of nitrogens with one attached hydrogen (secondary N) is 1. The fraction of sp³-hybridized carbons (Fsp3) is 0.294. The summed E-state index contributed by atoms with van der Waals surface area (Å²) in [5.74, 6) is -0.153. The average molecular weight is 255 g/mol. The summed E-state index contributed by atoms with van der Waals surface area (Å²) in [5, 5.41) is 3.41. The second-order valence-electron chi connectivity index (χ2n) is 5.27. The standard InChI is InChI=1S/C17H18FN/c1-12-4-6-16(18)11-15(12)10-13-5-7-17-14(9-13)3-2-8-19-17/h4-7,9,11,19H,2-3,8,10H2,1H3. The van der Waals surface area contributed by atoms with Crippen molar-refractivity contribution in [2.75, 3.05) is 11.9 Å². The summed E-state index contributed by atoms with van der Waals surface area (Å²) in [4.78, 5) is 0. The van der Waals surface area contributed by atoms with E-state index in [1.807, 2.05) is 13.0 Å². The zero-order valence-corrected chi connectivity index (χ0v) is 11.2. The summed E-state index contributed by atoms with van der Waals surface area (Å²) >= 11 is 0. The summed E-state index contributed by atoms with van der Waals surface area (Å²) in [5.41, 5.74) is 6.13. The normalized spacial score (nSPS) is 13.8. The molecule has 1 heterocycles. The Labute approximate surface area is 113 Å². The molecule has 0 atom stereocenters. The minimum Gasteiger partial charge on any atom is -0.385 e. The topological polar surface area (TPSA) is 12.0 Å². The van der Waals surface area contributed by atoms with E-state index < -0.39 is 0 Å². The van der Waals surface area contributed by atoms with E-state index in [0.29, 0.717) is 0 Å². The van der Waals surface area contributed by atoms with Crippen molar-refractivity contribution in [1.82, 2.24) is 0 Å². The van der Waals surface area contributed by atoms with Gasteiger partial charge in [-0.15, -0.1) is 0 Å². The van der Waals surface area contributed by atoms with Gasteiger partial charge in [-0.1, -0.05) is 18.2 Å². The highest BCUT2D eigenvalue weighted by atomic mass is 19.1. The molecule has 1 aliphatic rings. The third kappa shape index (κ3) is 2.62. The summed E-state index contributed by atoms with van der Waals surface area (Å²) in [7, 11) is 0. The molecule has 2 heteroatoms. The third-order valence-corrected chi connectivity index (χ3v) is 3.81. The summed E-state index contributed by atoms with van der Waals surface area (Å²) in [6.07, 6.45) is 3.13. The average Bonchev–Trinajstić information content (AvgIpc) is 2.43. The van der Waals surface area contributed by atoms with Crippen molar-refractivity contribution < 1.29 is 4.39 Å². The van der Waals surface area contributed by atoms with Crippen LogP contribution in [0, 0.1) is 12.7 Å². The number of hydrogen-bond donors (Lipinski definition) is 1. The number of benzene rings is 2. The molecular weight excluding hydrogens is 237 g/mol. The lowest BCUT2D eigenvalue weighted by molar-refractivity contribution is 0.625. The van der Waals surface area contributed by atoms with Crippen LogP contribution in [0.1, 0.15) is 28.7 Å². The van der Waals surface area contributed by atoms with Crippen LogP contribution in [-0.4, -0.2) is 6.54 Å². The molecule has 0 radical (unpaired) electrons. The number of hydrogen-bond acceptors (Lipinski definition) is 1. The van der Waals surface area contributed by atoms with Crippen LogP contribution in [-0.2, 0) is 12.8 Å². The van der Waals surface area contributed by atoms with E-state index in [9.17, 15) is 4.39 Å². The van der Waals surface area contributed by atoms with Crippen molar-refractivity contribution in [2.45, 2.75) is 26.2 Å². The minimum atomic E-state index is -0.153. The molecule has 1 nitrogen and oxygen atoms in total. The van der Waals surface area contributed by atoms with E-state index in [1.165, 1.54) is 29.3 Å². The Morgan fingerprint density at radius 2 is 2.05 bits per heavy atom. The molecule has 1 aliphatic heterocycles. The Balaban J connectivity index is 1.89. The zero-order valence-electron chi connectivity index (χ0n) is 11.2. The van der Waals surface area contributed by atoms with Crippen LogP contribution in [0.15, 0.2) is 36.4 Å². The highest BCUT2D eigenvalue weighted by Crippen LogP contribution is 2.24. The predicted molar refractivity (Wildman–Crippen MR) is 77.2 cm³/mol. The van der Waals surface area contributed by atoms with E-state index in [4.69, 9.17) is 0 Å². The molecule has 0 bridgehead atoms. The number of anilines is 1. The maximum Gasteiger partial charge on any atom is 0.123 e. The zero-order chi connectivity index (χ0) is 13.2. The number of fused-ring (bicyclic) bond motifs is 1. The molecule has 0 saturated carbocycles. The van der Waals surface area contributed by atoms with Crippen LogP contribution < -0.4 is 5.32 Å². The van der Waals surface area contributed by atoms with E-state index in [2.05, 4.69) is 23.5 Å². The predicted octanol–water partition coefficient (Wildman–Crippen LogP) is 4.08. The molecule has 0 spiro atoms. The molecule has 0 aliphatic carbocycles. The quantitative estimate of drug-likeness (QED) is 0.852. The highest BCUT2D eigenvalue weighted by molar-refractivity contribution is 5.55. The second kappa shape index (κ2) is 5.04. The van der Waals surface area contributed by atoms with Gasteiger partial charge in [-0.05, 0) is 66.6 Å². The monoisotopic (exact) mass is 255 g/mol. The Hall–Kier alpha value is -1.83. The lowest BCUT2D eigenvalue weighted by Crippen LogP contribution is -2.11. The van der Waals surface area contributed by atoms with Gasteiger partial charge in [0.2, 0.25) is 0 Å². The summed E-state index contributed by atoms with van der Waals surface area (Å²) in [6.45, 7) is 3.10. The molecule has 1 N–H and O–H groups in total. The van der Waals surface area contributed by atoms with Gasteiger partial charge in [0.25, 0.3) is 0 Å². The molecule has 0 amide bonds. The van der Waals surface area contributed by atoms with Crippen molar-refractivity contribution in [3.8, 4) is 0 Å². The second-order valence-corrected chi connectivity index (χ2v) is 5.27. The molecule has 0 saturated heterocycles. The van der Waals surface area contributed by atoms with Crippen LogP contribution in [0.25, 0.3) is 0 Å². The van der Waals surface area contributed by atoms with E-state index in [1.54, 1.807) is 6.07 Å². The van der Waals surface area contributed by atoms with E-state index >= 15 is 0 Å². The van der Waals surface area contributed by atoms with Gasteiger partial charge in [0.15, 0.2) is 0 Å². The van der Waals surface area contributed by atoms with Gasteiger partial charge < -0.3 is 5.32 Å². The molecule has 0 fully saturated rings. The number of aryl methyl sites for hydroxylation is 2. The van der Waals surface area contributed by atoms with Crippen molar-refractivity contribution in [3.05, 3.63) is 64.5 Å². The first-order chi connectivity index (χ1) is 9.22. The maximum atomic E-state index is 13.3. The number of halogens is 1. The Bertz CT molecular complexity index is 604. The van der Waals surface area contributed by atoms with E-state index in [0.717, 1.165) is 30.5 Å². The summed E-state index contributed by atoms with van der Waals surface area (Å²) in [6, 6.07) is 11.6. The van der Waals surface area contributed by atoms with Crippen molar-refractivity contribution in [3.63, 3.8) is 0 Å². The fourth-order valence-electron chi connectivity index (χ4n) is 2.69. The van der Waals surface area contributed by atoms with Crippen LogP contribution in [0.4, 0.5) is 10.1 Å². The van der Waals surface area contributed by atoms with Crippen LogP contribution in [0.3, 0.4) is 0 Å². The van der Waals surface area contributed by atoms with Gasteiger partial charge in [-0.25, -0.2) is 4.39 Å². The molecule has 2 aromatic carbocycles. The molecule has 98 valence electrons. The van der Waals surface area contributed by atoms with Gasteiger partial charge in [0.1, 0.15) is 5.82 Å². The van der Waals surface area contributed by atoms with Crippen molar-refractivity contribution in [2.24, 2.45) is 0 Å². The molecule has 0 unspecified atom stereocenters. The first kappa shape index (κ1) is 12.2. The molecule has 2 aromatic rings. The van der Waals surface area contributed by atoms with Gasteiger partial charge in [-0.2, -0.15) is 0 Å². The molecule has 19 heavy (non-hydrogen) atoms. The Kier molecular flexibility index (Phi) is 3.24.